The molecule has 0 aliphatic heterocycles. The van der Waals surface area contributed by atoms with Gasteiger partial charge in [0.25, 0.3) is 5.91 Å². The van der Waals surface area contributed by atoms with E-state index in [1.807, 2.05) is 25.1 Å². The zero-order valence-electron chi connectivity index (χ0n) is 14.2. The number of amides is 1. The Hall–Kier alpha value is -2.69. The molecule has 0 aliphatic carbocycles. The number of nitrogens with zero attached hydrogens (tertiary/aromatic N) is 3. The molecule has 0 fully saturated rings. The molecule has 5 nitrogen and oxygen atoms in total. The molecule has 2 heterocycles. The Kier molecular flexibility index (Phi) is 4.60. The van der Waals surface area contributed by atoms with Crippen LogP contribution >= 0.6 is 0 Å². The molecule has 124 valence electrons. The zero-order valence-corrected chi connectivity index (χ0v) is 14.2. The number of para-hydroxylation sites is 2. The van der Waals surface area contributed by atoms with Gasteiger partial charge in [-0.1, -0.05) is 26.0 Å². The average Bonchev–Trinajstić information content (AvgIpc) is 2.94. The summed E-state index contributed by atoms with van der Waals surface area (Å²) in [4.78, 5) is 21.1. The summed E-state index contributed by atoms with van der Waals surface area (Å²) in [5, 5.41) is 3.02. The quantitative estimate of drug-likeness (QED) is 0.781. The van der Waals surface area contributed by atoms with Gasteiger partial charge in [0, 0.05) is 18.9 Å². The molecule has 3 rings (SSSR count). The monoisotopic (exact) mass is 322 g/mol. The number of imidazole rings is 1. The van der Waals surface area contributed by atoms with Crippen molar-refractivity contribution in [2.24, 2.45) is 5.92 Å². The third-order valence-corrected chi connectivity index (χ3v) is 3.89. The topological polar surface area (TPSA) is 59.8 Å². The van der Waals surface area contributed by atoms with Crippen LogP contribution < -0.4 is 5.32 Å². The highest BCUT2D eigenvalue weighted by Crippen LogP contribution is 2.22. The van der Waals surface area contributed by atoms with E-state index >= 15 is 0 Å². The third-order valence-electron chi connectivity index (χ3n) is 3.89. The van der Waals surface area contributed by atoms with E-state index in [4.69, 9.17) is 4.98 Å². The van der Waals surface area contributed by atoms with Crippen LogP contribution in [-0.4, -0.2) is 20.4 Å². The van der Waals surface area contributed by atoms with E-state index < -0.39 is 0 Å². The number of carbonyl (C=O) groups is 1. The summed E-state index contributed by atoms with van der Waals surface area (Å²) in [7, 11) is 0. The van der Waals surface area contributed by atoms with Gasteiger partial charge in [-0.05, 0) is 37.1 Å². The lowest BCUT2D eigenvalue weighted by molar-refractivity contribution is 0.0937. The number of hydrogen-bond donors (Lipinski definition) is 1. The molecule has 5 heteroatoms. The Labute approximate surface area is 141 Å². The number of fused-ring (bicyclic) bond motifs is 1. The van der Waals surface area contributed by atoms with Crippen LogP contribution in [0.1, 0.15) is 43.0 Å². The van der Waals surface area contributed by atoms with Crippen LogP contribution in [0.25, 0.3) is 11.0 Å². The van der Waals surface area contributed by atoms with Crippen molar-refractivity contribution < 1.29 is 4.79 Å². The first kappa shape index (κ1) is 16.2. The maximum absolute atomic E-state index is 12.4. The summed E-state index contributed by atoms with van der Waals surface area (Å²) in [5.74, 6) is 1.23. The second-order valence-electron chi connectivity index (χ2n) is 6.40. The van der Waals surface area contributed by atoms with Crippen LogP contribution in [0.5, 0.6) is 0 Å². The molecule has 0 unspecified atom stereocenters. The highest BCUT2D eigenvalue weighted by atomic mass is 16.1. The average molecular weight is 322 g/mol. The lowest BCUT2D eigenvalue weighted by atomic mass is 10.2. The third kappa shape index (κ3) is 3.30. The smallest absolute Gasteiger partial charge is 0.253 e. The summed E-state index contributed by atoms with van der Waals surface area (Å²) in [6.45, 7) is 7.18. The SMILES string of the molecule is CC(C)Cn1c([C@H](C)NC(=O)c2cccnc2)nc2ccccc21. The standard InChI is InChI=1S/C19H22N4O/c1-13(2)12-23-17-9-5-4-8-16(17)22-18(23)14(3)21-19(24)15-7-6-10-20-11-15/h4-11,13-14H,12H2,1-3H3,(H,21,24)/t14-/m0/s1. The van der Waals surface area contributed by atoms with E-state index in [1.165, 1.54) is 0 Å². The Morgan fingerprint density at radius 3 is 2.67 bits per heavy atom. The zero-order chi connectivity index (χ0) is 17.1. The van der Waals surface area contributed by atoms with Crippen molar-refractivity contribution in [1.29, 1.82) is 0 Å². The van der Waals surface area contributed by atoms with Crippen molar-refractivity contribution in [2.45, 2.75) is 33.4 Å². The fourth-order valence-electron chi connectivity index (χ4n) is 2.82. The van der Waals surface area contributed by atoms with Gasteiger partial charge in [-0.2, -0.15) is 0 Å². The summed E-state index contributed by atoms with van der Waals surface area (Å²) >= 11 is 0. The molecule has 0 radical (unpaired) electrons. The highest BCUT2D eigenvalue weighted by Gasteiger charge is 2.19. The van der Waals surface area contributed by atoms with Crippen LogP contribution in [0.15, 0.2) is 48.8 Å². The van der Waals surface area contributed by atoms with Gasteiger partial charge in [0.05, 0.1) is 22.6 Å². The van der Waals surface area contributed by atoms with Gasteiger partial charge < -0.3 is 9.88 Å². The lowest BCUT2D eigenvalue weighted by Gasteiger charge is -2.17. The van der Waals surface area contributed by atoms with Gasteiger partial charge in [0.1, 0.15) is 5.82 Å². The summed E-state index contributed by atoms with van der Waals surface area (Å²) in [6, 6.07) is 11.4. The Morgan fingerprint density at radius 2 is 1.96 bits per heavy atom. The first-order chi connectivity index (χ1) is 11.6. The summed E-state index contributed by atoms with van der Waals surface area (Å²) in [5.41, 5.74) is 2.61. The second-order valence-corrected chi connectivity index (χ2v) is 6.40. The van der Waals surface area contributed by atoms with Crippen LogP contribution in [0, 0.1) is 5.92 Å². The van der Waals surface area contributed by atoms with Gasteiger partial charge in [-0.25, -0.2) is 4.98 Å². The maximum Gasteiger partial charge on any atom is 0.253 e. The highest BCUT2D eigenvalue weighted by molar-refractivity contribution is 5.94. The molecule has 1 atom stereocenters. The number of benzene rings is 1. The fourth-order valence-corrected chi connectivity index (χ4v) is 2.82. The van der Waals surface area contributed by atoms with E-state index in [1.54, 1.807) is 24.5 Å². The van der Waals surface area contributed by atoms with Crippen LogP contribution in [0.3, 0.4) is 0 Å². The molecule has 3 aromatic rings. The van der Waals surface area contributed by atoms with Crippen molar-refractivity contribution in [3.8, 4) is 0 Å². The molecule has 24 heavy (non-hydrogen) atoms. The molecule has 1 N–H and O–H groups in total. The van der Waals surface area contributed by atoms with Crippen molar-refractivity contribution >= 4 is 16.9 Å². The normalized spacial score (nSPS) is 12.5. The largest absolute Gasteiger partial charge is 0.342 e. The molecule has 0 aliphatic rings. The van der Waals surface area contributed by atoms with E-state index in [2.05, 4.69) is 34.8 Å². The minimum absolute atomic E-state index is 0.140. The van der Waals surface area contributed by atoms with Gasteiger partial charge in [0.2, 0.25) is 0 Å². The van der Waals surface area contributed by atoms with E-state index in [9.17, 15) is 4.79 Å². The van der Waals surface area contributed by atoms with E-state index in [0.717, 1.165) is 23.4 Å². The van der Waals surface area contributed by atoms with Gasteiger partial charge in [-0.15, -0.1) is 0 Å². The van der Waals surface area contributed by atoms with E-state index in [0.29, 0.717) is 11.5 Å². The Morgan fingerprint density at radius 1 is 1.17 bits per heavy atom. The fraction of sp³-hybridized carbons (Fsp3) is 0.316. The van der Waals surface area contributed by atoms with E-state index in [-0.39, 0.29) is 11.9 Å². The second kappa shape index (κ2) is 6.83. The summed E-state index contributed by atoms with van der Waals surface area (Å²) < 4.78 is 2.20. The molecule has 1 aromatic carbocycles. The number of pyridine rings is 1. The Bertz CT molecular complexity index is 839. The first-order valence-corrected chi connectivity index (χ1v) is 8.22. The van der Waals surface area contributed by atoms with Crippen molar-refractivity contribution in [2.75, 3.05) is 0 Å². The molecule has 2 aromatic heterocycles. The molecule has 1 amide bonds. The number of carbonyl (C=O) groups excluding carboxylic acids is 1. The molecule has 0 saturated heterocycles. The number of nitrogens with one attached hydrogen (secondary N) is 1. The van der Waals surface area contributed by atoms with Crippen molar-refractivity contribution in [3.05, 3.63) is 60.2 Å². The maximum atomic E-state index is 12.4. The van der Waals surface area contributed by atoms with Crippen molar-refractivity contribution in [1.82, 2.24) is 19.9 Å². The van der Waals surface area contributed by atoms with Crippen LogP contribution in [0.2, 0.25) is 0 Å². The molecule has 0 bridgehead atoms. The minimum Gasteiger partial charge on any atom is -0.342 e. The predicted octanol–water partition coefficient (Wildman–Crippen LogP) is 3.58. The van der Waals surface area contributed by atoms with Crippen LogP contribution in [0.4, 0.5) is 0 Å². The van der Waals surface area contributed by atoms with Crippen LogP contribution in [-0.2, 0) is 6.54 Å². The van der Waals surface area contributed by atoms with Gasteiger partial charge in [-0.3, -0.25) is 9.78 Å². The molecular formula is C19H22N4O. The molecular weight excluding hydrogens is 300 g/mol. The van der Waals surface area contributed by atoms with Gasteiger partial charge >= 0.3 is 0 Å². The molecule has 0 saturated carbocycles. The summed E-state index contributed by atoms with van der Waals surface area (Å²) in [6.07, 6.45) is 3.22. The first-order valence-electron chi connectivity index (χ1n) is 8.22. The minimum atomic E-state index is -0.191. The number of hydrogen-bond acceptors (Lipinski definition) is 3. The van der Waals surface area contributed by atoms with Gasteiger partial charge in [0.15, 0.2) is 0 Å². The Balaban J connectivity index is 1.91. The lowest BCUT2D eigenvalue weighted by Crippen LogP contribution is -2.29. The number of rotatable bonds is 5. The number of aromatic nitrogens is 3. The molecule has 0 spiro atoms. The van der Waals surface area contributed by atoms with Crippen molar-refractivity contribution in [3.63, 3.8) is 0 Å². The predicted molar refractivity (Wildman–Crippen MR) is 94.7 cm³/mol.